The molecule has 50 heavy (non-hydrogen) atoms. The molecule has 2 aliphatic heterocycles. The van der Waals surface area contributed by atoms with E-state index in [1.54, 1.807) is 24.3 Å². The van der Waals surface area contributed by atoms with E-state index in [0.29, 0.717) is 26.3 Å². The molecule has 0 aromatic heterocycles. The summed E-state index contributed by atoms with van der Waals surface area (Å²) in [7, 11) is 5.74. The quantitative estimate of drug-likeness (QED) is 0.112. The summed E-state index contributed by atoms with van der Waals surface area (Å²) in [5.74, 6) is -0.176. The van der Waals surface area contributed by atoms with Crippen LogP contribution in [0.1, 0.15) is 47.2 Å². The van der Waals surface area contributed by atoms with Crippen LogP contribution in [0.4, 0.5) is 0 Å². The number of para-hydroxylation sites is 2. The fourth-order valence-electron chi connectivity index (χ4n) is 6.13. The van der Waals surface area contributed by atoms with Crippen LogP contribution in [0.2, 0.25) is 0 Å². The van der Waals surface area contributed by atoms with Gasteiger partial charge in [-0.05, 0) is 47.5 Å². The number of rotatable bonds is 12. The van der Waals surface area contributed by atoms with Gasteiger partial charge in [-0.15, -0.1) is 0 Å². The zero-order chi connectivity index (χ0) is 35.0. The summed E-state index contributed by atoms with van der Waals surface area (Å²) in [5, 5.41) is 7.10. The van der Waals surface area contributed by atoms with Crippen molar-refractivity contribution < 1.29 is 47.5 Å². The number of carbonyl (C=O) groups excluding carboxylic acids is 2. The SMILES string of the molecule is COc1cc(CNC2CCOc3ccccc32)cc(OC)c1OC(=O)C(=O)Oc1c(OC)cc(CNC2CCOc3ccccc32)cc1OC. The number of esters is 2. The second-order valence-corrected chi connectivity index (χ2v) is 11.7. The van der Waals surface area contributed by atoms with Crippen molar-refractivity contribution in [1.29, 1.82) is 0 Å². The smallest absolute Gasteiger partial charge is 0.423 e. The highest BCUT2D eigenvalue weighted by Crippen LogP contribution is 2.41. The molecule has 2 N–H and O–H groups in total. The third-order valence-corrected chi connectivity index (χ3v) is 8.62. The third-order valence-electron chi connectivity index (χ3n) is 8.62. The molecule has 0 saturated heterocycles. The van der Waals surface area contributed by atoms with Gasteiger partial charge in [0.05, 0.1) is 41.7 Å². The maximum absolute atomic E-state index is 13.1. The summed E-state index contributed by atoms with van der Waals surface area (Å²) in [6, 6.07) is 22.9. The number of hydrogen-bond acceptors (Lipinski definition) is 12. The highest BCUT2D eigenvalue weighted by Gasteiger charge is 2.28. The highest BCUT2D eigenvalue weighted by molar-refractivity contribution is 6.31. The van der Waals surface area contributed by atoms with Gasteiger partial charge in [0.15, 0.2) is 23.0 Å². The van der Waals surface area contributed by atoms with Crippen LogP contribution >= 0.6 is 0 Å². The van der Waals surface area contributed by atoms with Crippen molar-refractivity contribution in [3.63, 3.8) is 0 Å². The molecule has 262 valence electrons. The first-order chi connectivity index (χ1) is 24.4. The molecule has 2 heterocycles. The second-order valence-electron chi connectivity index (χ2n) is 11.7. The van der Waals surface area contributed by atoms with E-state index in [1.165, 1.54) is 28.4 Å². The number of nitrogens with one attached hydrogen (secondary N) is 2. The lowest BCUT2D eigenvalue weighted by Gasteiger charge is -2.27. The van der Waals surface area contributed by atoms with Crippen molar-refractivity contribution in [2.45, 2.75) is 38.0 Å². The lowest BCUT2D eigenvalue weighted by Crippen LogP contribution is -2.27. The fraction of sp³-hybridized carbons (Fsp3) is 0.316. The minimum Gasteiger partial charge on any atom is -0.493 e. The van der Waals surface area contributed by atoms with E-state index in [2.05, 4.69) is 10.6 Å². The summed E-state index contributed by atoms with van der Waals surface area (Å²) < 4.78 is 44.7. The predicted octanol–water partition coefficient (Wildman–Crippen LogP) is 5.46. The van der Waals surface area contributed by atoms with Gasteiger partial charge in [0.1, 0.15) is 11.5 Å². The van der Waals surface area contributed by atoms with Gasteiger partial charge in [0, 0.05) is 49.1 Å². The molecule has 0 saturated carbocycles. The lowest BCUT2D eigenvalue weighted by atomic mass is 10.0. The van der Waals surface area contributed by atoms with Crippen LogP contribution < -0.4 is 48.5 Å². The summed E-state index contributed by atoms with van der Waals surface area (Å²) in [5.41, 5.74) is 3.80. The van der Waals surface area contributed by atoms with Gasteiger partial charge < -0.3 is 48.5 Å². The van der Waals surface area contributed by atoms with Crippen molar-refractivity contribution in [1.82, 2.24) is 10.6 Å². The number of ether oxygens (including phenoxy) is 8. The Morgan fingerprint density at radius 3 is 1.32 bits per heavy atom. The van der Waals surface area contributed by atoms with Crippen LogP contribution in [0, 0.1) is 0 Å². The normalized spacial score (nSPS) is 16.1. The minimum atomic E-state index is -1.29. The molecule has 0 fully saturated rings. The Kier molecular flexibility index (Phi) is 10.9. The molecule has 0 radical (unpaired) electrons. The molecule has 0 aliphatic carbocycles. The molecular weight excluding hydrogens is 644 g/mol. The Bertz CT molecular complexity index is 1660. The summed E-state index contributed by atoms with van der Waals surface area (Å²) in [4.78, 5) is 26.2. The number of hydrogen-bond donors (Lipinski definition) is 2. The third kappa shape index (κ3) is 7.56. The molecular formula is C38H40N2O10. The van der Waals surface area contributed by atoms with Crippen molar-refractivity contribution in [3.05, 3.63) is 95.1 Å². The van der Waals surface area contributed by atoms with E-state index in [9.17, 15) is 9.59 Å². The Balaban J connectivity index is 1.13. The largest absolute Gasteiger partial charge is 0.493 e. The first kappa shape index (κ1) is 34.4. The van der Waals surface area contributed by atoms with Crippen LogP contribution in [0.25, 0.3) is 0 Å². The van der Waals surface area contributed by atoms with Crippen molar-refractivity contribution in [3.8, 4) is 46.0 Å². The molecule has 6 rings (SSSR count). The molecule has 0 spiro atoms. The maximum Gasteiger partial charge on any atom is 0.423 e. The van der Waals surface area contributed by atoms with E-state index >= 15 is 0 Å². The van der Waals surface area contributed by atoms with E-state index in [-0.39, 0.29) is 46.6 Å². The van der Waals surface area contributed by atoms with E-state index in [0.717, 1.165) is 46.6 Å². The number of benzene rings is 4. The predicted molar refractivity (Wildman–Crippen MR) is 183 cm³/mol. The molecule has 4 aromatic rings. The van der Waals surface area contributed by atoms with Crippen molar-refractivity contribution in [2.24, 2.45) is 0 Å². The summed E-state index contributed by atoms with van der Waals surface area (Å²) in [6.45, 7) is 2.15. The van der Waals surface area contributed by atoms with Crippen LogP contribution in [-0.4, -0.2) is 53.6 Å². The van der Waals surface area contributed by atoms with Crippen molar-refractivity contribution >= 4 is 11.9 Å². The number of carbonyl (C=O) groups is 2. The first-order valence-corrected chi connectivity index (χ1v) is 16.3. The Morgan fingerprint density at radius 1 is 0.600 bits per heavy atom. The first-order valence-electron chi connectivity index (χ1n) is 16.3. The highest BCUT2D eigenvalue weighted by atomic mass is 16.6. The molecule has 12 nitrogen and oxygen atoms in total. The fourth-order valence-corrected chi connectivity index (χ4v) is 6.13. The van der Waals surface area contributed by atoms with Gasteiger partial charge in [-0.1, -0.05) is 36.4 Å². The minimum absolute atomic E-state index is 0.0628. The van der Waals surface area contributed by atoms with Crippen LogP contribution in [0.3, 0.4) is 0 Å². The monoisotopic (exact) mass is 684 g/mol. The Hall–Kier alpha value is -5.46. The molecule has 0 bridgehead atoms. The summed E-state index contributed by atoms with van der Waals surface area (Å²) in [6.07, 6.45) is 1.62. The van der Waals surface area contributed by atoms with Crippen LogP contribution in [-0.2, 0) is 22.7 Å². The zero-order valence-corrected chi connectivity index (χ0v) is 28.4. The zero-order valence-electron chi connectivity index (χ0n) is 28.4. The standard InChI is InChI=1S/C38H40N2O10/c1-43-31-17-23(21-39-27-13-15-47-29-11-7-5-9-25(27)29)18-32(44-2)35(31)49-37(41)38(42)50-36-33(45-3)19-24(20-34(36)46-4)22-40-28-14-16-48-30-12-8-6-10-26(28)30/h5-12,17-20,27-28,39-40H,13-16,21-22H2,1-4H3. The van der Waals surface area contributed by atoms with E-state index in [1.807, 2.05) is 48.5 Å². The van der Waals surface area contributed by atoms with Crippen LogP contribution in [0.15, 0.2) is 72.8 Å². The van der Waals surface area contributed by atoms with Gasteiger partial charge in [-0.3, -0.25) is 0 Å². The molecule has 12 heteroatoms. The Labute approximate surface area is 290 Å². The molecule has 2 unspecified atom stereocenters. The molecule has 2 aliphatic rings. The van der Waals surface area contributed by atoms with Gasteiger partial charge in [-0.2, -0.15) is 0 Å². The van der Waals surface area contributed by atoms with Gasteiger partial charge in [0.25, 0.3) is 0 Å². The van der Waals surface area contributed by atoms with Crippen LogP contribution in [0.5, 0.6) is 46.0 Å². The average molecular weight is 685 g/mol. The topological polar surface area (TPSA) is 132 Å². The summed E-state index contributed by atoms with van der Waals surface area (Å²) >= 11 is 0. The molecule has 0 amide bonds. The lowest BCUT2D eigenvalue weighted by molar-refractivity contribution is -0.156. The number of methoxy groups -OCH3 is 4. The Morgan fingerprint density at radius 2 is 0.960 bits per heavy atom. The van der Waals surface area contributed by atoms with E-state index in [4.69, 9.17) is 37.9 Å². The number of fused-ring (bicyclic) bond motifs is 2. The second kappa shape index (κ2) is 15.8. The van der Waals surface area contributed by atoms with Gasteiger partial charge in [-0.25, -0.2) is 9.59 Å². The van der Waals surface area contributed by atoms with Gasteiger partial charge in [0.2, 0.25) is 11.5 Å². The maximum atomic E-state index is 13.1. The van der Waals surface area contributed by atoms with Crippen molar-refractivity contribution in [2.75, 3.05) is 41.7 Å². The van der Waals surface area contributed by atoms with E-state index < -0.39 is 11.9 Å². The molecule has 4 aromatic carbocycles. The average Bonchev–Trinajstić information content (AvgIpc) is 3.16. The molecule has 2 atom stereocenters. The van der Waals surface area contributed by atoms with Gasteiger partial charge >= 0.3 is 11.9 Å².